The minimum atomic E-state index is 0. The van der Waals surface area contributed by atoms with E-state index in [1.807, 2.05) is 18.1 Å². The number of carbonyl (C=O) groups is 1. The number of amides is 1. The summed E-state index contributed by atoms with van der Waals surface area (Å²) in [5, 5.41) is 8.49. The molecule has 2 aromatic heterocycles. The molecule has 6 nitrogen and oxygen atoms in total. The molecule has 0 aromatic carbocycles. The zero-order chi connectivity index (χ0) is 15.8. The summed E-state index contributed by atoms with van der Waals surface area (Å²) in [6.07, 6.45) is 7.64. The van der Waals surface area contributed by atoms with Gasteiger partial charge in [0.1, 0.15) is 9.88 Å². The number of fused-ring (bicyclic) bond motifs is 1. The molecular weight excluding hydrogens is 381 g/mol. The number of halogens is 2. The van der Waals surface area contributed by atoms with Crippen LogP contribution in [-0.2, 0) is 7.05 Å². The molecule has 0 aliphatic carbocycles. The highest BCUT2D eigenvalue weighted by Crippen LogP contribution is 2.29. The topological polar surface area (TPSA) is 63.1 Å². The van der Waals surface area contributed by atoms with E-state index in [0.717, 1.165) is 66.3 Å². The summed E-state index contributed by atoms with van der Waals surface area (Å²) >= 11 is 1.46. The van der Waals surface area contributed by atoms with Crippen molar-refractivity contribution in [3.8, 4) is 10.6 Å². The van der Waals surface area contributed by atoms with Crippen LogP contribution in [0.25, 0.3) is 10.6 Å². The average molecular weight is 404 g/mol. The van der Waals surface area contributed by atoms with Crippen molar-refractivity contribution in [2.45, 2.75) is 12.8 Å². The quantitative estimate of drug-likeness (QED) is 0.836. The third kappa shape index (κ3) is 4.16. The lowest BCUT2D eigenvalue weighted by atomic mass is 9.92. The first-order valence-electron chi connectivity index (χ1n) is 8.15. The van der Waals surface area contributed by atoms with E-state index in [1.54, 1.807) is 17.1 Å². The van der Waals surface area contributed by atoms with Gasteiger partial charge in [0.25, 0.3) is 5.91 Å². The molecule has 1 amide bonds. The van der Waals surface area contributed by atoms with Crippen molar-refractivity contribution in [3.05, 3.63) is 23.5 Å². The van der Waals surface area contributed by atoms with E-state index >= 15 is 0 Å². The maximum atomic E-state index is 12.8. The molecule has 4 rings (SSSR count). The molecule has 2 aliphatic heterocycles. The zero-order valence-corrected chi connectivity index (χ0v) is 16.5. The van der Waals surface area contributed by atoms with Crippen molar-refractivity contribution in [1.29, 1.82) is 0 Å². The number of rotatable bonds is 2. The Morgan fingerprint density at radius 2 is 1.88 bits per heavy atom. The Morgan fingerprint density at radius 3 is 2.48 bits per heavy atom. The van der Waals surface area contributed by atoms with Gasteiger partial charge in [-0.1, -0.05) is 0 Å². The van der Waals surface area contributed by atoms with Gasteiger partial charge >= 0.3 is 0 Å². The number of nitrogens with one attached hydrogen (secondary N) is 1. The highest BCUT2D eigenvalue weighted by molar-refractivity contribution is 7.16. The maximum absolute atomic E-state index is 12.8. The molecular formula is C16H23Cl2N5OS. The van der Waals surface area contributed by atoms with Gasteiger partial charge < -0.3 is 10.2 Å². The van der Waals surface area contributed by atoms with Crippen molar-refractivity contribution >= 4 is 42.1 Å². The van der Waals surface area contributed by atoms with Crippen LogP contribution in [-0.4, -0.2) is 51.8 Å². The highest BCUT2D eigenvalue weighted by atomic mass is 35.5. The van der Waals surface area contributed by atoms with Crippen LogP contribution in [0.5, 0.6) is 0 Å². The molecule has 2 fully saturated rings. The summed E-state index contributed by atoms with van der Waals surface area (Å²) < 4.78 is 1.75. The first kappa shape index (κ1) is 20.2. The van der Waals surface area contributed by atoms with Gasteiger partial charge in [-0.25, -0.2) is 4.98 Å². The van der Waals surface area contributed by atoms with Crippen LogP contribution < -0.4 is 5.32 Å². The summed E-state index contributed by atoms with van der Waals surface area (Å²) in [6.45, 7) is 3.94. The fraction of sp³-hybridized carbons (Fsp3) is 0.562. The van der Waals surface area contributed by atoms with Gasteiger partial charge in [0.2, 0.25) is 0 Å². The van der Waals surface area contributed by atoms with E-state index in [2.05, 4.69) is 15.4 Å². The second kappa shape index (κ2) is 8.49. The minimum absolute atomic E-state index is 0. The molecule has 2 saturated heterocycles. The monoisotopic (exact) mass is 403 g/mol. The number of aromatic nitrogens is 3. The molecule has 25 heavy (non-hydrogen) atoms. The van der Waals surface area contributed by atoms with Gasteiger partial charge in [-0.05, 0) is 37.8 Å². The number of hydrogen-bond acceptors (Lipinski definition) is 5. The summed E-state index contributed by atoms with van der Waals surface area (Å²) in [6, 6.07) is 0. The molecule has 138 valence electrons. The summed E-state index contributed by atoms with van der Waals surface area (Å²) in [7, 11) is 1.88. The fourth-order valence-electron chi connectivity index (χ4n) is 3.62. The molecule has 1 N–H and O–H groups in total. The molecule has 0 radical (unpaired) electrons. The molecule has 2 aromatic rings. The van der Waals surface area contributed by atoms with E-state index in [-0.39, 0.29) is 30.7 Å². The number of thiazole rings is 1. The SMILES string of the molecule is Cl.Cl.Cn1cc(-c2ncc(C(=O)N3CC[C@@H]4CNC[C@@H]4CC3)s2)cn1. The smallest absolute Gasteiger partial charge is 0.265 e. The van der Waals surface area contributed by atoms with Crippen LogP contribution in [0.3, 0.4) is 0 Å². The lowest BCUT2D eigenvalue weighted by Crippen LogP contribution is -2.32. The van der Waals surface area contributed by atoms with Gasteiger partial charge in [0, 0.05) is 31.9 Å². The van der Waals surface area contributed by atoms with Gasteiger partial charge in [-0.2, -0.15) is 5.10 Å². The van der Waals surface area contributed by atoms with Gasteiger partial charge in [-0.3, -0.25) is 9.48 Å². The van der Waals surface area contributed by atoms with Gasteiger partial charge in [0.15, 0.2) is 0 Å². The largest absolute Gasteiger partial charge is 0.338 e. The predicted molar refractivity (Wildman–Crippen MR) is 104 cm³/mol. The Labute approximate surface area is 163 Å². The Balaban J connectivity index is 0.00000113. The van der Waals surface area contributed by atoms with E-state index in [4.69, 9.17) is 0 Å². The lowest BCUT2D eigenvalue weighted by Gasteiger charge is -2.19. The van der Waals surface area contributed by atoms with Crippen molar-refractivity contribution < 1.29 is 4.79 Å². The Bertz CT molecular complexity index is 705. The lowest BCUT2D eigenvalue weighted by molar-refractivity contribution is 0.0763. The van der Waals surface area contributed by atoms with E-state index in [9.17, 15) is 4.79 Å². The van der Waals surface area contributed by atoms with Crippen LogP contribution in [0.2, 0.25) is 0 Å². The summed E-state index contributed by atoms with van der Waals surface area (Å²) in [5.74, 6) is 1.60. The first-order chi connectivity index (χ1) is 11.2. The molecule has 2 aliphatic rings. The number of carbonyl (C=O) groups excluding carboxylic acids is 1. The number of nitrogens with zero attached hydrogens (tertiary/aromatic N) is 4. The Morgan fingerprint density at radius 1 is 1.20 bits per heavy atom. The van der Waals surface area contributed by atoms with Gasteiger partial charge in [0.05, 0.1) is 12.4 Å². The molecule has 0 bridgehead atoms. The van der Waals surface area contributed by atoms with Crippen molar-refractivity contribution in [3.63, 3.8) is 0 Å². The first-order valence-corrected chi connectivity index (χ1v) is 8.97. The van der Waals surface area contributed by atoms with Crippen LogP contribution in [0.1, 0.15) is 22.5 Å². The molecule has 9 heteroatoms. The molecule has 0 saturated carbocycles. The fourth-order valence-corrected chi connectivity index (χ4v) is 4.47. The van der Waals surface area contributed by atoms with Gasteiger partial charge in [-0.15, -0.1) is 36.2 Å². The second-order valence-corrected chi connectivity index (χ2v) is 7.51. The zero-order valence-electron chi connectivity index (χ0n) is 14.1. The third-order valence-corrected chi connectivity index (χ3v) is 6.01. The van der Waals surface area contributed by atoms with Crippen molar-refractivity contribution in [2.75, 3.05) is 26.2 Å². The third-order valence-electron chi connectivity index (χ3n) is 4.97. The minimum Gasteiger partial charge on any atom is -0.338 e. The highest BCUT2D eigenvalue weighted by Gasteiger charge is 2.32. The standard InChI is InChI=1S/C16H21N5OS.2ClH/c1-20-10-13(8-19-20)15-18-9-14(23-15)16(22)21-4-2-11-6-17-7-12(11)3-5-21;;/h8-12,17H,2-7H2,1H3;2*1H/t11-,12+;;. The van der Waals surface area contributed by atoms with E-state index in [0.29, 0.717) is 0 Å². The van der Waals surface area contributed by atoms with Crippen LogP contribution in [0.15, 0.2) is 18.6 Å². The second-order valence-electron chi connectivity index (χ2n) is 6.48. The normalized spacial score (nSPS) is 22.5. The van der Waals surface area contributed by atoms with Crippen molar-refractivity contribution in [1.82, 2.24) is 25.0 Å². The summed E-state index contributed by atoms with van der Waals surface area (Å²) in [4.78, 5) is 19.9. The molecule has 2 atom stereocenters. The molecule has 4 heterocycles. The predicted octanol–water partition coefficient (Wildman–Crippen LogP) is 2.46. The van der Waals surface area contributed by atoms with Crippen LogP contribution in [0.4, 0.5) is 0 Å². The van der Waals surface area contributed by atoms with E-state index in [1.165, 1.54) is 11.3 Å². The maximum Gasteiger partial charge on any atom is 0.265 e. The van der Waals surface area contributed by atoms with Crippen LogP contribution in [0, 0.1) is 11.8 Å². The number of aryl methyl sites for hydroxylation is 1. The Hall–Kier alpha value is -1.15. The molecule has 0 unspecified atom stereocenters. The number of hydrogen-bond donors (Lipinski definition) is 1. The summed E-state index contributed by atoms with van der Waals surface area (Å²) in [5.41, 5.74) is 0.966. The Kier molecular flexibility index (Phi) is 6.85. The van der Waals surface area contributed by atoms with E-state index < -0.39 is 0 Å². The number of likely N-dealkylation sites (tertiary alicyclic amines) is 1. The van der Waals surface area contributed by atoms with Crippen molar-refractivity contribution in [2.24, 2.45) is 18.9 Å². The van der Waals surface area contributed by atoms with Crippen LogP contribution >= 0.6 is 36.2 Å². The average Bonchev–Trinajstić information content (AvgIpc) is 3.26. The molecule has 0 spiro atoms.